The lowest BCUT2D eigenvalue weighted by Crippen LogP contribution is -2.34. The van der Waals surface area contributed by atoms with E-state index in [0.29, 0.717) is 18.8 Å². The Hall–Kier alpha value is -3.29. The van der Waals surface area contributed by atoms with Gasteiger partial charge in [0, 0.05) is 18.3 Å². The molecule has 27 heavy (non-hydrogen) atoms. The van der Waals surface area contributed by atoms with E-state index in [0.717, 1.165) is 21.6 Å². The van der Waals surface area contributed by atoms with Gasteiger partial charge in [0.15, 0.2) is 5.82 Å². The first-order valence-electron chi connectivity index (χ1n) is 8.55. The van der Waals surface area contributed by atoms with Crippen molar-refractivity contribution in [1.29, 1.82) is 0 Å². The number of hydrogen-bond donors (Lipinski definition) is 1. The first kappa shape index (κ1) is 18.5. The zero-order valence-electron chi connectivity index (χ0n) is 15.1. The number of hydrogen-bond acceptors (Lipinski definition) is 4. The summed E-state index contributed by atoms with van der Waals surface area (Å²) in [6, 6.07) is 10.9. The highest BCUT2D eigenvalue weighted by molar-refractivity contribution is 5.75. The lowest BCUT2D eigenvalue weighted by atomic mass is 10.1. The predicted molar refractivity (Wildman–Crippen MR) is 98.2 cm³/mol. The SMILES string of the molecule is Cc1cc(C)n(-c2ccc(=O)n(CC(=O)NCCc3ccc(F)cc3)n2)n1. The fraction of sp³-hybridized carbons (Fsp3) is 0.263. The van der Waals surface area contributed by atoms with Crippen molar-refractivity contribution in [3.8, 4) is 5.82 Å². The molecule has 0 aliphatic heterocycles. The van der Waals surface area contributed by atoms with Gasteiger partial charge in [-0.3, -0.25) is 9.59 Å². The smallest absolute Gasteiger partial charge is 0.267 e. The van der Waals surface area contributed by atoms with Crippen molar-refractivity contribution < 1.29 is 9.18 Å². The van der Waals surface area contributed by atoms with Gasteiger partial charge in [0.1, 0.15) is 12.4 Å². The molecule has 0 bridgehead atoms. The van der Waals surface area contributed by atoms with Crippen molar-refractivity contribution in [2.45, 2.75) is 26.8 Å². The van der Waals surface area contributed by atoms with Gasteiger partial charge in [-0.25, -0.2) is 13.8 Å². The molecule has 0 saturated heterocycles. The van der Waals surface area contributed by atoms with Crippen LogP contribution in [0.3, 0.4) is 0 Å². The number of carbonyl (C=O) groups is 1. The Morgan fingerprint density at radius 2 is 1.85 bits per heavy atom. The Morgan fingerprint density at radius 1 is 1.11 bits per heavy atom. The normalized spacial score (nSPS) is 10.8. The first-order chi connectivity index (χ1) is 12.9. The molecule has 2 aromatic heterocycles. The largest absolute Gasteiger partial charge is 0.354 e. The van der Waals surface area contributed by atoms with Crippen LogP contribution < -0.4 is 10.9 Å². The van der Waals surface area contributed by atoms with Crippen molar-refractivity contribution >= 4 is 5.91 Å². The fourth-order valence-electron chi connectivity index (χ4n) is 2.71. The van der Waals surface area contributed by atoms with Crippen LogP contribution in [-0.4, -0.2) is 32.0 Å². The van der Waals surface area contributed by atoms with Crippen LogP contribution in [0.5, 0.6) is 0 Å². The molecule has 1 aromatic carbocycles. The molecule has 0 aliphatic rings. The molecule has 0 fully saturated rings. The monoisotopic (exact) mass is 369 g/mol. The molecule has 0 unspecified atom stereocenters. The lowest BCUT2D eigenvalue weighted by Gasteiger charge is -2.09. The molecule has 2 heterocycles. The molecular formula is C19H20FN5O2. The third kappa shape index (κ3) is 4.66. The number of amides is 1. The second-order valence-corrected chi connectivity index (χ2v) is 6.25. The van der Waals surface area contributed by atoms with Gasteiger partial charge < -0.3 is 5.32 Å². The summed E-state index contributed by atoms with van der Waals surface area (Å²) in [6.07, 6.45) is 0.570. The van der Waals surface area contributed by atoms with Crippen molar-refractivity contribution in [1.82, 2.24) is 24.9 Å². The maximum atomic E-state index is 12.9. The van der Waals surface area contributed by atoms with Crippen LogP contribution in [-0.2, 0) is 17.8 Å². The average molecular weight is 369 g/mol. The summed E-state index contributed by atoms with van der Waals surface area (Å²) < 4.78 is 15.6. The van der Waals surface area contributed by atoms with Crippen LogP contribution in [0.15, 0.2) is 47.3 Å². The summed E-state index contributed by atoms with van der Waals surface area (Å²) in [5.41, 5.74) is 2.27. The molecule has 0 saturated carbocycles. The molecule has 3 rings (SSSR count). The van der Waals surface area contributed by atoms with Crippen LogP contribution in [0, 0.1) is 19.7 Å². The van der Waals surface area contributed by atoms with Crippen LogP contribution >= 0.6 is 0 Å². The van der Waals surface area contributed by atoms with E-state index in [4.69, 9.17) is 0 Å². The van der Waals surface area contributed by atoms with Crippen LogP contribution in [0.2, 0.25) is 0 Å². The molecule has 8 heteroatoms. The van der Waals surface area contributed by atoms with E-state index in [1.54, 1.807) is 22.9 Å². The van der Waals surface area contributed by atoms with Crippen molar-refractivity contribution in [2.24, 2.45) is 0 Å². The van der Waals surface area contributed by atoms with Gasteiger partial charge in [0.05, 0.1) is 5.69 Å². The minimum atomic E-state index is -0.367. The number of nitrogens with zero attached hydrogens (tertiary/aromatic N) is 4. The Morgan fingerprint density at radius 3 is 2.52 bits per heavy atom. The zero-order chi connectivity index (χ0) is 19.4. The van der Waals surface area contributed by atoms with Crippen LogP contribution in [0.25, 0.3) is 5.82 Å². The standard InChI is InChI=1S/C19H20FN5O2/c1-13-11-14(2)25(22-13)17-7-8-19(27)24(23-17)12-18(26)21-10-9-15-3-5-16(20)6-4-15/h3-8,11H,9-10,12H2,1-2H3,(H,21,26). The number of carbonyl (C=O) groups excluding carboxylic acids is 1. The van der Waals surface area contributed by atoms with Gasteiger partial charge in [-0.05, 0) is 50.1 Å². The zero-order valence-corrected chi connectivity index (χ0v) is 15.1. The Labute approximate surface area is 155 Å². The summed E-state index contributed by atoms with van der Waals surface area (Å²) in [4.78, 5) is 24.1. The second kappa shape index (κ2) is 7.94. The van der Waals surface area contributed by atoms with Gasteiger partial charge >= 0.3 is 0 Å². The minimum absolute atomic E-state index is 0.185. The van der Waals surface area contributed by atoms with E-state index in [1.165, 1.54) is 18.2 Å². The molecule has 1 N–H and O–H groups in total. The quantitative estimate of drug-likeness (QED) is 0.715. The Kier molecular flexibility index (Phi) is 5.44. The number of benzene rings is 1. The fourth-order valence-corrected chi connectivity index (χ4v) is 2.71. The number of aromatic nitrogens is 4. The van der Waals surface area contributed by atoms with E-state index in [1.807, 2.05) is 19.9 Å². The van der Waals surface area contributed by atoms with Gasteiger partial charge in [-0.1, -0.05) is 12.1 Å². The van der Waals surface area contributed by atoms with E-state index in [9.17, 15) is 14.0 Å². The number of nitrogens with one attached hydrogen (secondary N) is 1. The average Bonchev–Trinajstić information content (AvgIpc) is 2.97. The summed E-state index contributed by atoms with van der Waals surface area (Å²) >= 11 is 0. The Balaban J connectivity index is 1.63. The summed E-state index contributed by atoms with van der Waals surface area (Å²) in [7, 11) is 0. The second-order valence-electron chi connectivity index (χ2n) is 6.25. The maximum Gasteiger partial charge on any atom is 0.267 e. The van der Waals surface area contributed by atoms with Crippen LogP contribution in [0.4, 0.5) is 4.39 Å². The maximum absolute atomic E-state index is 12.9. The first-order valence-corrected chi connectivity index (χ1v) is 8.55. The van der Waals surface area contributed by atoms with E-state index in [2.05, 4.69) is 15.5 Å². The number of rotatable bonds is 6. The summed E-state index contributed by atoms with van der Waals surface area (Å²) in [5.74, 6) is -0.146. The molecule has 0 aliphatic carbocycles. The molecule has 0 radical (unpaired) electrons. The molecule has 3 aromatic rings. The topological polar surface area (TPSA) is 81.8 Å². The highest BCUT2D eigenvalue weighted by Crippen LogP contribution is 2.07. The molecular weight excluding hydrogens is 349 g/mol. The predicted octanol–water partition coefficient (Wildman–Crippen LogP) is 1.54. The van der Waals surface area contributed by atoms with E-state index < -0.39 is 0 Å². The molecule has 0 spiro atoms. The van der Waals surface area contributed by atoms with Gasteiger partial charge in [0.25, 0.3) is 5.56 Å². The van der Waals surface area contributed by atoms with Gasteiger partial charge in [-0.15, -0.1) is 5.10 Å². The van der Waals surface area contributed by atoms with Crippen molar-refractivity contribution in [3.05, 3.63) is 75.6 Å². The molecule has 1 amide bonds. The summed E-state index contributed by atoms with van der Waals surface area (Å²) in [5, 5.41) is 11.3. The highest BCUT2D eigenvalue weighted by atomic mass is 19.1. The van der Waals surface area contributed by atoms with Crippen molar-refractivity contribution in [3.63, 3.8) is 0 Å². The minimum Gasteiger partial charge on any atom is -0.354 e. The third-order valence-corrected chi connectivity index (χ3v) is 4.02. The summed E-state index contributed by atoms with van der Waals surface area (Å²) in [6.45, 7) is 3.96. The van der Waals surface area contributed by atoms with Gasteiger partial charge in [0.2, 0.25) is 5.91 Å². The molecule has 0 atom stereocenters. The molecule has 7 nitrogen and oxygen atoms in total. The van der Waals surface area contributed by atoms with Crippen molar-refractivity contribution in [2.75, 3.05) is 6.54 Å². The van der Waals surface area contributed by atoms with E-state index in [-0.39, 0.29) is 23.8 Å². The lowest BCUT2D eigenvalue weighted by molar-refractivity contribution is -0.121. The highest BCUT2D eigenvalue weighted by Gasteiger charge is 2.10. The molecule has 140 valence electrons. The van der Waals surface area contributed by atoms with Crippen LogP contribution in [0.1, 0.15) is 17.0 Å². The Bertz CT molecular complexity index is 1010. The van der Waals surface area contributed by atoms with E-state index >= 15 is 0 Å². The third-order valence-electron chi connectivity index (χ3n) is 4.02. The van der Waals surface area contributed by atoms with Gasteiger partial charge in [-0.2, -0.15) is 5.10 Å². The number of halogens is 1. The number of aryl methyl sites for hydroxylation is 2.